The molecule has 0 atom stereocenters. The summed E-state index contributed by atoms with van der Waals surface area (Å²) >= 11 is 0. The molecule has 0 aliphatic carbocycles. The number of hydrogen-bond acceptors (Lipinski definition) is 1. The Morgan fingerprint density at radius 3 is 1.81 bits per heavy atom. The first-order valence-corrected chi connectivity index (χ1v) is 13.9. The van der Waals surface area contributed by atoms with E-state index in [-0.39, 0.29) is 0 Å². The smallest absolute Gasteiger partial charge is 0.143 e. The molecule has 218 valence electrons. The Hall–Kier alpha value is -6.18. The topological polar surface area (TPSA) is 13.1 Å². The van der Waals surface area contributed by atoms with E-state index < -0.39 is 268 Å². The van der Waals surface area contributed by atoms with Gasteiger partial charge in [-0.05, 0) is 83.5 Å². The summed E-state index contributed by atoms with van der Waals surface area (Å²) in [5.74, 6) is 0. The summed E-state index contributed by atoms with van der Waals surface area (Å²) in [4.78, 5) is 0. The number of furan rings is 1. The average molecular weight is 625 g/mol. The SMILES string of the molecule is [2H]c1c([2H])c([2H])c2c(oc3c(-c4c5c([2H])c([2H])c([2H])c([2H])c5c(-c5c([2H])c([2H])c6c([2H])c([2H])c([2H])c([2H])c6c5[2H])c5c([2H])c([2H])c(-c6c([2H])c([2H])c([2H])c7c([2H])c([2H])c([2H])c([2H])c67)c([2H])c45)c([2H])c([2H])c([2H])c32)c1[2H]. The summed E-state index contributed by atoms with van der Waals surface area (Å²) in [5.41, 5.74) is -6.20. The molecular weight excluding hydrogens is 569 g/mol. The molecule has 0 aliphatic heterocycles. The molecule has 0 radical (unpaired) electrons. The van der Waals surface area contributed by atoms with E-state index in [1.54, 1.807) is 0 Å². The first kappa shape index (κ1) is 10.7. The first-order valence-electron chi connectivity index (χ1n) is 27.9. The standard InChI is InChI=1S/C46H28O/c1-2-13-31-27-33(24-23-29(31)11-1)44-37-17-5-6-18-38(37)45(41-21-10-20-40-36-16-7-8-22-43(36)47-46(40)41)42-28-32(25-26-39(42)44)35-19-9-14-30-12-3-4-15-34(30)35/h1-28H/i1D,2D,3D,4D,5D,6D,7D,8D,9D,10D,11D,12D,13D,14D,15D,16D,17D,18D,19D,20D,21D,22D,23D,24D,25D,26D,27D,28D. The van der Waals surface area contributed by atoms with Gasteiger partial charge in [0, 0.05) is 21.9 Å². The Bertz CT molecular complexity index is 4440. The van der Waals surface area contributed by atoms with Crippen molar-refractivity contribution in [1.29, 1.82) is 0 Å². The summed E-state index contributed by atoms with van der Waals surface area (Å²) in [7, 11) is 0. The van der Waals surface area contributed by atoms with Crippen LogP contribution in [0.15, 0.2) is 174 Å². The van der Waals surface area contributed by atoms with Crippen molar-refractivity contribution < 1.29 is 42.8 Å². The number of hydrogen-bond donors (Lipinski definition) is 0. The van der Waals surface area contributed by atoms with E-state index in [0.29, 0.717) is 0 Å². The highest BCUT2D eigenvalue weighted by molar-refractivity contribution is 6.25. The van der Waals surface area contributed by atoms with Crippen molar-refractivity contribution in [1.82, 2.24) is 0 Å². The monoisotopic (exact) mass is 624 g/mol. The van der Waals surface area contributed by atoms with Gasteiger partial charge in [-0.1, -0.05) is 151 Å². The highest BCUT2D eigenvalue weighted by Gasteiger charge is 2.21. The summed E-state index contributed by atoms with van der Waals surface area (Å²) in [6.07, 6.45) is 0. The molecule has 0 amide bonds. The second kappa shape index (κ2) is 10.2. The molecule has 1 aromatic heterocycles. The molecule has 10 rings (SSSR count). The Balaban J connectivity index is 1.62. The van der Waals surface area contributed by atoms with Crippen molar-refractivity contribution in [3.8, 4) is 33.4 Å². The van der Waals surface area contributed by atoms with E-state index in [1.807, 2.05) is 0 Å². The predicted molar refractivity (Wildman–Crippen MR) is 200 cm³/mol. The maximum absolute atomic E-state index is 10.3. The van der Waals surface area contributed by atoms with Gasteiger partial charge >= 0.3 is 0 Å². The van der Waals surface area contributed by atoms with Crippen LogP contribution in [0.25, 0.3) is 98.4 Å². The minimum Gasteiger partial charge on any atom is -0.455 e. The number of fused-ring (bicyclic) bond motifs is 7. The molecule has 9 aromatic carbocycles. The highest BCUT2D eigenvalue weighted by atomic mass is 16.3. The lowest BCUT2D eigenvalue weighted by Crippen LogP contribution is -1.92. The molecule has 0 saturated carbocycles. The molecular formula is C46H28O. The molecule has 0 unspecified atom stereocenters. The van der Waals surface area contributed by atoms with Crippen molar-refractivity contribution in [3.05, 3.63) is 169 Å². The van der Waals surface area contributed by atoms with E-state index in [0.717, 1.165) is 0 Å². The van der Waals surface area contributed by atoms with E-state index in [2.05, 4.69) is 0 Å². The van der Waals surface area contributed by atoms with Crippen LogP contribution in [0.2, 0.25) is 0 Å². The minimum absolute atomic E-state index is 0.483. The van der Waals surface area contributed by atoms with Crippen molar-refractivity contribution in [2.75, 3.05) is 0 Å². The van der Waals surface area contributed by atoms with Crippen LogP contribution >= 0.6 is 0 Å². The Morgan fingerprint density at radius 2 is 0.936 bits per heavy atom. The number of para-hydroxylation sites is 2. The van der Waals surface area contributed by atoms with Crippen molar-refractivity contribution in [2.45, 2.75) is 0 Å². The molecule has 0 saturated heterocycles. The van der Waals surface area contributed by atoms with Crippen molar-refractivity contribution in [3.63, 3.8) is 0 Å². The molecule has 1 nitrogen and oxygen atoms in total. The maximum atomic E-state index is 10.3. The van der Waals surface area contributed by atoms with E-state index in [4.69, 9.17) is 29.1 Å². The highest BCUT2D eigenvalue weighted by Crippen LogP contribution is 2.48. The van der Waals surface area contributed by atoms with Crippen LogP contribution in [0.1, 0.15) is 38.4 Å². The largest absolute Gasteiger partial charge is 0.455 e. The zero-order chi connectivity index (χ0) is 55.3. The molecule has 0 spiro atoms. The fourth-order valence-electron chi connectivity index (χ4n) is 5.75. The van der Waals surface area contributed by atoms with Gasteiger partial charge in [-0.15, -0.1) is 0 Å². The van der Waals surface area contributed by atoms with Crippen LogP contribution in [-0.2, 0) is 0 Å². The third kappa shape index (κ3) is 3.97. The van der Waals surface area contributed by atoms with Gasteiger partial charge in [0.05, 0.1) is 38.4 Å². The molecule has 0 aliphatic rings. The molecule has 0 bridgehead atoms. The lowest BCUT2D eigenvalue weighted by Gasteiger charge is -2.19. The summed E-state index contributed by atoms with van der Waals surface area (Å²) in [5, 5.41) is -6.87. The van der Waals surface area contributed by atoms with Gasteiger partial charge in [0.2, 0.25) is 0 Å². The van der Waals surface area contributed by atoms with E-state index >= 15 is 0 Å². The lowest BCUT2D eigenvalue weighted by molar-refractivity contribution is 0.670. The Morgan fingerprint density at radius 1 is 0.340 bits per heavy atom. The van der Waals surface area contributed by atoms with Crippen LogP contribution in [0.5, 0.6) is 0 Å². The van der Waals surface area contributed by atoms with E-state index in [9.17, 15) is 13.7 Å². The van der Waals surface area contributed by atoms with Crippen molar-refractivity contribution in [2.24, 2.45) is 0 Å². The summed E-state index contributed by atoms with van der Waals surface area (Å²) in [6, 6.07) is -26.4. The number of rotatable bonds is 3. The van der Waals surface area contributed by atoms with Crippen LogP contribution in [0.3, 0.4) is 0 Å². The second-order valence-corrected chi connectivity index (χ2v) is 10.3. The van der Waals surface area contributed by atoms with Gasteiger partial charge in [-0.25, -0.2) is 0 Å². The zero-order valence-electron chi connectivity index (χ0n) is 51.4. The zero-order valence-corrected chi connectivity index (χ0v) is 23.4. The number of benzene rings is 9. The second-order valence-electron chi connectivity index (χ2n) is 10.3. The fraction of sp³-hybridized carbons (Fsp3) is 0. The molecule has 1 heteroatoms. The molecule has 47 heavy (non-hydrogen) atoms. The maximum Gasteiger partial charge on any atom is 0.143 e. The Labute approximate surface area is 311 Å². The van der Waals surface area contributed by atoms with Gasteiger partial charge in [0.15, 0.2) is 0 Å². The third-order valence-corrected chi connectivity index (χ3v) is 7.75. The van der Waals surface area contributed by atoms with Gasteiger partial charge in [0.25, 0.3) is 0 Å². The molecule has 0 N–H and O–H groups in total. The molecule has 10 aromatic rings. The lowest BCUT2D eigenvalue weighted by atomic mass is 9.84. The Kier molecular flexibility index (Phi) is 2.31. The van der Waals surface area contributed by atoms with Crippen LogP contribution in [-0.4, -0.2) is 0 Å². The predicted octanol–water partition coefficient (Wildman–Crippen LogP) is 13.2. The van der Waals surface area contributed by atoms with Crippen LogP contribution in [0.4, 0.5) is 0 Å². The van der Waals surface area contributed by atoms with E-state index in [1.165, 1.54) is 0 Å². The van der Waals surface area contributed by atoms with Gasteiger partial charge in [-0.3, -0.25) is 0 Å². The molecule has 0 fully saturated rings. The normalized spacial score (nSPS) is 20.2. The minimum atomic E-state index is -1.12. The average Bonchev–Trinajstić information content (AvgIpc) is 3.83. The third-order valence-electron chi connectivity index (χ3n) is 7.75. The van der Waals surface area contributed by atoms with Crippen LogP contribution < -0.4 is 0 Å². The van der Waals surface area contributed by atoms with Crippen LogP contribution in [0, 0.1) is 0 Å². The van der Waals surface area contributed by atoms with Gasteiger partial charge in [-0.2, -0.15) is 0 Å². The fourth-order valence-corrected chi connectivity index (χ4v) is 5.75. The van der Waals surface area contributed by atoms with Gasteiger partial charge in [0.1, 0.15) is 11.2 Å². The first-order chi connectivity index (χ1) is 35.0. The summed E-state index contributed by atoms with van der Waals surface area (Å²) in [6.45, 7) is 0. The molecule has 1 heterocycles. The quantitative estimate of drug-likeness (QED) is 0.178. The van der Waals surface area contributed by atoms with Gasteiger partial charge < -0.3 is 4.42 Å². The summed E-state index contributed by atoms with van der Waals surface area (Å²) < 4.78 is 260. The van der Waals surface area contributed by atoms with Crippen molar-refractivity contribution >= 4 is 65.0 Å².